The Morgan fingerprint density at radius 2 is 1.77 bits per heavy atom. The monoisotopic (exact) mass is 430 g/mol. The smallest absolute Gasteiger partial charge is 0.418 e. The molecule has 3 N–H and O–H groups in total. The van der Waals surface area contributed by atoms with Crippen LogP contribution in [0.3, 0.4) is 0 Å². The Morgan fingerprint density at radius 1 is 1.10 bits per heavy atom. The van der Waals surface area contributed by atoms with Crippen molar-refractivity contribution in [2.24, 2.45) is 5.73 Å². The molecule has 0 atom stereocenters. The van der Waals surface area contributed by atoms with Crippen LogP contribution in [0, 0.1) is 0 Å². The van der Waals surface area contributed by atoms with Gasteiger partial charge in [-0.05, 0) is 42.5 Å². The van der Waals surface area contributed by atoms with Crippen molar-refractivity contribution in [3.8, 4) is 11.4 Å². The van der Waals surface area contributed by atoms with Gasteiger partial charge in [0.15, 0.2) is 0 Å². The summed E-state index contributed by atoms with van der Waals surface area (Å²) < 4.78 is 43.4. The van der Waals surface area contributed by atoms with Crippen LogP contribution in [0.2, 0.25) is 0 Å². The molecule has 0 unspecified atom stereocenters. The quantitative estimate of drug-likeness (QED) is 0.622. The number of carbonyl (C=O) groups excluding carboxylic acids is 1. The first-order valence-electron chi connectivity index (χ1n) is 10.1. The zero-order chi connectivity index (χ0) is 22.3. The van der Waals surface area contributed by atoms with Gasteiger partial charge in [-0.1, -0.05) is 31.4 Å². The number of aromatic nitrogens is 1. The van der Waals surface area contributed by atoms with Gasteiger partial charge in [0, 0.05) is 17.6 Å². The highest BCUT2D eigenvalue weighted by Crippen LogP contribution is 2.43. The summed E-state index contributed by atoms with van der Waals surface area (Å²) in [5.74, 6) is -1.42. The summed E-state index contributed by atoms with van der Waals surface area (Å²) in [7, 11) is 0. The van der Waals surface area contributed by atoms with Crippen molar-refractivity contribution in [3.05, 3.63) is 69.5 Å². The average molecular weight is 430 g/mol. The van der Waals surface area contributed by atoms with Gasteiger partial charge in [0.25, 0.3) is 5.91 Å². The minimum Gasteiger partial charge on any atom is -0.508 e. The Labute approximate surface area is 175 Å². The first-order valence-corrected chi connectivity index (χ1v) is 10.1. The number of carbonyl (C=O) groups is 1. The van der Waals surface area contributed by atoms with Gasteiger partial charge >= 0.3 is 6.18 Å². The lowest BCUT2D eigenvalue weighted by Crippen LogP contribution is -2.24. The fourth-order valence-electron chi connectivity index (χ4n) is 4.41. The van der Waals surface area contributed by atoms with Crippen LogP contribution in [0.1, 0.15) is 59.5 Å². The molecule has 1 amide bonds. The number of primary amides is 1. The molecule has 1 fully saturated rings. The number of halogens is 3. The van der Waals surface area contributed by atoms with Gasteiger partial charge in [0.1, 0.15) is 11.3 Å². The van der Waals surface area contributed by atoms with E-state index in [0.717, 1.165) is 55.0 Å². The number of nitrogens with zero attached hydrogens (tertiary/aromatic N) is 1. The number of phenols is 1. The van der Waals surface area contributed by atoms with Crippen molar-refractivity contribution >= 4 is 16.8 Å². The van der Waals surface area contributed by atoms with E-state index in [-0.39, 0.29) is 33.8 Å². The SMILES string of the molecule is NC(=O)c1cn(-c2cc(O)c(C3CCCCC3)cc2C(F)(F)F)c2ccccc2c1=O. The number of amides is 1. The van der Waals surface area contributed by atoms with Crippen LogP contribution >= 0.6 is 0 Å². The van der Waals surface area contributed by atoms with E-state index in [1.54, 1.807) is 12.1 Å². The second-order valence-corrected chi connectivity index (χ2v) is 7.88. The highest BCUT2D eigenvalue weighted by Gasteiger charge is 2.36. The lowest BCUT2D eigenvalue weighted by atomic mass is 9.83. The molecular formula is C23H21F3N2O3. The Kier molecular flexibility index (Phi) is 5.24. The Balaban J connectivity index is 2.03. The van der Waals surface area contributed by atoms with E-state index >= 15 is 0 Å². The maximum absolute atomic E-state index is 14.1. The lowest BCUT2D eigenvalue weighted by molar-refractivity contribution is -0.137. The minimum atomic E-state index is -4.72. The molecule has 0 radical (unpaired) electrons. The summed E-state index contributed by atoms with van der Waals surface area (Å²) in [6.45, 7) is 0. The number of phenolic OH excluding ortho intramolecular Hbond substituents is 1. The van der Waals surface area contributed by atoms with E-state index in [4.69, 9.17) is 5.73 Å². The fourth-order valence-corrected chi connectivity index (χ4v) is 4.41. The van der Waals surface area contributed by atoms with Gasteiger partial charge in [-0.15, -0.1) is 0 Å². The highest BCUT2D eigenvalue weighted by atomic mass is 19.4. The van der Waals surface area contributed by atoms with Crippen molar-refractivity contribution in [2.75, 3.05) is 0 Å². The first-order chi connectivity index (χ1) is 14.7. The number of nitrogens with two attached hydrogens (primary N) is 1. The third-order valence-corrected chi connectivity index (χ3v) is 5.93. The number of rotatable bonds is 3. The summed E-state index contributed by atoms with van der Waals surface area (Å²) in [5.41, 5.74) is 3.35. The Hall–Kier alpha value is -3.29. The van der Waals surface area contributed by atoms with Gasteiger partial charge in [-0.25, -0.2) is 0 Å². The molecule has 1 saturated carbocycles. The number of pyridine rings is 1. The molecule has 31 heavy (non-hydrogen) atoms. The average Bonchev–Trinajstić information content (AvgIpc) is 2.73. The molecule has 8 heteroatoms. The maximum Gasteiger partial charge on any atom is 0.418 e. The normalized spacial score (nSPS) is 15.3. The van der Waals surface area contributed by atoms with Gasteiger partial charge in [0.2, 0.25) is 5.43 Å². The Morgan fingerprint density at radius 3 is 2.42 bits per heavy atom. The summed E-state index contributed by atoms with van der Waals surface area (Å²) >= 11 is 0. The fraction of sp³-hybridized carbons (Fsp3) is 0.304. The number of benzene rings is 2. The third kappa shape index (κ3) is 3.78. The van der Waals surface area contributed by atoms with Crippen LogP contribution in [0.4, 0.5) is 13.2 Å². The number of hydrogen-bond donors (Lipinski definition) is 2. The summed E-state index contributed by atoms with van der Waals surface area (Å²) in [6, 6.07) is 8.09. The molecule has 2 aromatic carbocycles. The van der Waals surface area contributed by atoms with E-state index in [1.807, 2.05) is 0 Å². The third-order valence-electron chi connectivity index (χ3n) is 5.93. The molecule has 0 spiro atoms. The number of hydrogen-bond acceptors (Lipinski definition) is 3. The predicted molar refractivity (Wildman–Crippen MR) is 111 cm³/mol. The zero-order valence-corrected chi connectivity index (χ0v) is 16.6. The Bertz CT molecular complexity index is 1230. The van der Waals surface area contributed by atoms with Crippen molar-refractivity contribution in [3.63, 3.8) is 0 Å². The molecule has 162 valence electrons. The van der Waals surface area contributed by atoms with Crippen LogP contribution < -0.4 is 11.2 Å². The number of aromatic hydroxyl groups is 1. The molecule has 1 aromatic heterocycles. The molecule has 1 aliphatic rings. The van der Waals surface area contributed by atoms with Crippen LogP contribution in [-0.2, 0) is 6.18 Å². The maximum atomic E-state index is 14.1. The van der Waals surface area contributed by atoms with Crippen LogP contribution in [0.5, 0.6) is 5.75 Å². The topological polar surface area (TPSA) is 85.3 Å². The molecule has 0 bridgehead atoms. The van der Waals surface area contributed by atoms with Crippen molar-refractivity contribution < 1.29 is 23.1 Å². The second kappa shape index (κ2) is 7.76. The molecule has 0 saturated heterocycles. The summed E-state index contributed by atoms with van der Waals surface area (Å²) in [5, 5.41) is 10.7. The molecule has 5 nitrogen and oxygen atoms in total. The van der Waals surface area contributed by atoms with Crippen molar-refractivity contribution in [2.45, 2.75) is 44.2 Å². The minimum absolute atomic E-state index is 0.0581. The van der Waals surface area contributed by atoms with Crippen LogP contribution in [0.25, 0.3) is 16.6 Å². The molecule has 0 aliphatic heterocycles. The van der Waals surface area contributed by atoms with Gasteiger partial charge in [-0.2, -0.15) is 13.2 Å². The number of fused-ring (bicyclic) bond motifs is 1. The molecule has 3 aromatic rings. The zero-order valence-electron chi connectivity index (χ0n) is 16.6. The number of para-hydroxylation sites is 1. The predicted octanol–water partition coefficient (Wildman–Crippen LogP) is 4.86. The first kappa shape index (κ1) is 21.0. The van der Waals surface area contributed by atoms with Crippen LogP contribution in [-0.4, -0.2) is 15.6 Å². The summed E-state index contributed by atoms with van der Waals surface area (Å²) in [6.07, 6.45) is 0.564. The molecule has 1 aliphatic carbocycles. The van der Waals surface area contributed by atoms with E-state index in [0.29, 0.717) is 0 Å². The van der Waals surface area contributed by atoms with E-state index in [9.17, 15) is 27.9 Å². The molecule has 4 rings (SSSR count). The van der Waals surface area contributed by atoms with E-state index in [2.05, 4.69) is 0 Å². The number of alkyl halides is 3. The van der Waals surface area contributed by atoms with Crippen molar-refractivity contribution in [1.29, 1.82) is 0 Å². The van der Waals surface area contributed by atoms with E-state index in [1.165, 1.54) is 12.1 Å². The molecular weight excluding hydrogens is 409 g/mol. The van der Waals surface area contributed by atoms with Crippen LogP contribution in [0.15, 0.2) is 47.4 Å². The largest absolute Gasteiger partial charge is 0.508 e. The van der Waals surface area contributed by atoms with Crippen molar-refractivity contribution in [1.82, 2.24) is 4.57 Å². The van der Waals surface area contributed by atoms with Gasteiger partial charge < -0.3 is 15.4 Å². The standard InChI is InChI=1S/C23H21F3N2O3/c24-23(25,26)17-10-15(13-6-2-1-3-7-13)20(29)11-19(17)28-12-16(22(27)31)21(30)14-8-4-5-9-18(14)28/h4-5,8-13,29H,1-3,6-7H2,(H2,27,31). The van der Waals surface area contributed by atoms with Gasteiger partial charge in [-0.3, -0.25) is 9.59 Å². The molecule has 1 heterocycles. The lowest BCUT2D eigenvalue weighted by Gasteiger charge is -2.25. The summed E-state index contributed by atoms with van der Waals surface area (Å²) in [4.78, 5) is 24.4. The van der Waals surface area contributed by atoms with Gasteiger partial charge in [0.05, 0.1) is 16.8 Å². The second-order valence-electron chi connectivity index (χ2n) is 7.88. The highest BCUT2D eigenvalue weighted by molar-refractivity contribution is 5.96. The van der Waals surface area contributed by atoms with E-state index < -0.39 is 28.6 Å².